The molecule has 0 bridgehead atoms. The summed E-state index contributed by atoms with van der Waals surface area (Å²) in [6.45, 7) is 0.845. The molecule has 2 N–H and O–H groups in total. The summed E-state index contributed by atoms with van der Waals surface area (Å²) in [5.74, 6) is 1.95. The van der Waals surface area contributed by atoms with Crippen LogP contribution in [-0.4, -0.2) is 31.5 Å². The number of aliphatic hydroxyl groups is 1. The summed E-state index contributed by atoms with van der Waals surface area (Å²) in [4.78, 5) is 0. The van der Waals surface area contributed by atoms with E-state index in [0.717, 1.165) is 49.3 Å². The number of hydrogen-bond acceptors (Lipinski definition) is 4. The normalized spacial score (nSPS) is 32.3. The third kappa shape index (κ3) is 2.62. The molecule has 116 valence electrons. The Bertz CT molecular complexity index is 501. The van der Waals surface area contributed by atoms with Crippen molar-refractivity contribution in [2.75, 3.05) is 20.8 Å². The number of rotatable bonds is 3. The van der Waals surface area contributed by atoms with Gasteiger partial charge in [0.25, 0.3) is 0 Å². The zero-order chi connectivity index (χ0) is 14.9. The maximum Gasteiger partial charge on any atom is 0.123 e. The Hall–Kier alpha value is -1.26. The van der Waals surface area contributed by atoms with Crippen molar-refractivity contribution in [1.29, 1.82) is 0 Å². The summed E-state index contributed by atoms with van der Waals surface area (Å²) in [6.07, 6.45) is 5.16. The second-order valence-electron chi connectivity index (χ2n) is 6.25. The Morgan fingerprint density at radius 2 is 2.05 bits per heavy atom. The lowest BCUT2D eigenvalue weighted by atomic mass is 9.66. The van der Waals surface area contributed by atoms with Crippen LogP contribution in [0, 0.1) is 5.92 Å². The monoisotopic (exact) mass is 291 g/mol. The van der Waals surface area contributed by atoms with E-state index in [-0.39, 0.29) is 12.0 Å². The number of methoxy groups -OCH3 is 2. The minimum Gasteiger partial charge on any atom is -0.497 e. The van der Waals surface area contributed by atoms with Gasteiger partial charge in [-0.2, -0.15) is 0 Å². The number of nitrogens with one attached hydrogen (secondary N) is 1. The van der Waals surface area contributed by atoms with E-state index in [0.29, 0.717) is 0 Å². The molecule has 1 aliphatic carbocycles. The van der Waals surface area contributed by atoms with Crippen LogP contribution in [0.25, 0.3) is 0 Å². The second-order valence-corrected chi connectivity index (χ2v) is 6.25. The van der Waals surface area contributed by atoms with Gasteiger partial charge in [0, 0.05) is 17.5 Å². The summed E-state index contributed by atoms with van der Waals surface area (Å²) in [7, 11) is 3.37. The van der Waals surface area contributed by atoms with Gasteiger partial charge in [-0.05, 0) is 44.0 Å². The van der Waals surface area contributed by atoms with E-state index in [9.17, 15) is 5.11 Å². The summed E-state index contributed by atoms with van der Waals surface area (Å²) in [5, 5.41) is 14.6. The van der Waals surface area contributed by atoms with Crippen molar-refractivity contribution in [2.24, 2.45) is 5.92 Å². The highest BCUT2D eigenvalue weighted by Crippen LogP contribution is 2.47. The molecule has 1 aromatic rings. The summed E-state index contributed by atoms with van der Waals surface area (Å²) >= 11 is 0. The molecule has 3 atom stereocenters. The molecule has 0 amide bonds. The average Bonchev–Trinajstić information content (AvgIpc) is 2.53. The van der Waals surface area contributed by atoms with Gasteiger partial charge < -0.3 is 19.9 Å². The molecular formula is C17H25NO3. The Balaban J connectivity index is 1.98. The van der Waals surface area contributed by atoms with E-state index in [1.54, 1.807) is 14.2 Å². The van der Waals surface area contributed by atoms with Crippen LogP contribution in [0.4, 0.5) is 0 Å². The first-order valence-corrected chi connectivity index (χ1v) is 7.85. The van der Waals surface area contributed by atoms with Gasteiger partial charge >= 0.3 is 0 Å². The van der Waals surface area contributed by atoms with E-state index in [1.807, 2.05) is 18.2 Å². The van der Waals surface area contributed by atoms with Crippen LogP contribution in [0.5, 0.6) is 11.5 Å². The molecule has 1 saturated carbocycles. The standard InChI is InChI=1S/C17H25NO3/c1-20-12-6-7-15(21-2)13(11-12)16-14-5-3-4-8-17(14,19)9-10-18-16/h6-7,11,14,16,18-19H,3-5,8-10H2,1-2H3/t14-,16-,17-/m0/s1. The lowest BCUT2D eigenvalue weighted by molar-refractivity contribution is -0.0863. The maximum absolute atomic E-state index is 11.0. The molecule has 0 aromatic heterocycles. The third-order valence-electron chi connectivity index (χ3n) is 5.16. The highest BCUT2D eigenvalue weighted by molar-refractivity contribution is 5.43. The van der Waals surface area contributed by atoms with Gasteiger partial charge in [0.15, 0.2) is 0 Å². The van der Waals surface area contributed by atoms with Crippen molar-refractivity contribution < 1.29 is 14.6 Å². The van der Waals surface area contributed by atoms with Gasteiger partial charge in [-0.3, -0.25) is 0 Å². The van der Waals surface area contributed by atoms with Crippen LogP contribution in [0.15, 0.2) is 18.2 Å². The molecule has 3 rings (SSSR count). The highest BCUT2D eigenvalue weighted by Gasteiger charge is 2.46. The molecule has 0 spiro atoms. The number of ether oxygens (including phenoxy) is 2. The predicted molar refractivity (Wildman–Crippen MR) is 81.8 cm³/mol. The second kappa shape index (κ2) is 5.85. The molecule has 21 heavy (non-hydrogen) atoms. The molecule has 0 radical (unpaired) electrons. The van der Waals surface area contributed by atoms with E-state index in [1.165, 1.54) is 6.42 Å². The Morgan fingerprint density at radius 3 is 2.81 bits per heavy atom. The number of hydrogen-bond donors (Lipinski definition) is 2. The lowest BCUT2D eigenvalue weighted by Gasteiger charge is -2.48. The van der Waals surface area contributed by atoms with Gasteiger partial charge in [-0.1, -0.05) is 12.8 Å². The molecule has 1 aliphatic heterocycles. The topological polar surface area (TPSA) is 50.7 Å². The first kappa shape index (κ1) is 14.7. The Morgan fingerprint density at radius 1 is 1.19 bits per heavy atom. The van der Waals surface area contributed by atoms with Crippen LogP contribution in [-0.2, 0) is 0 Å². The molecular weight excluding hydrogens is 266 g/mol. The van der Waals surface area contributed by atoms with Crippen molar-refractivity contribution in [2.45, 2.75) is 43.7 Å². The van der Waals surface area contributed by atoms with Crippen molar-refractivity contribution in [3.63, 3.8) is 0 Å². The number of benzene rings is 1. The SMILES string of the molecule is COc1ccc(OC)c([C@@H]2NCC[C@@]3(O)CCCC[C@@H]23)c1. The molecule has 4 heteroatoms. The van der Waals surface area contributed by atoms with E-state index in [2.05, 4.69) is 5.32 Å². The van der Waals surface area contributed by atoms with Crippen LogP contribution < -0.4 is 14.8 Å². The van der Waals surface area contributed by atoms with Crippen molar-refractivity contribution in [3.05, 3.63) is 23.8 Å². The smallest absolute Gasteiger partial charge is 0.123 e. The zero-order valence-electron chi connectivity index (χ0n) is 12.9. The molecule has 2 fully saturated rings. The lowest BCUT2D eigenvalue weighted by Crippen LogP contribution is -2.53. The van der Waals surface area contributed by atoms with Crippen LogP contribution in [0.1, 0.15) is 43.7 Å². The van der Waals surface area contributed by atoms with E-state index in [4.69, 9.17) is 9.47 Å². The first-order chi connectivity index (χ1) is 10.2. The zero-order valence-corrected chi connectivity index (χ0v) is 12.9. The minimum absolute atomic E-state index is 0.133. The van der Waals surface area contributed by atoms with Gasteiger partial charge in [0.1, 0.15) is 11.5 Å². The van der Waals surface area contributed by atoms with Gasteiger partial charge in [0.2, 0.25) is 0 Å². The van der Waals surface area contributed by atoms with Crippen LogP contribution in [0.3, 0.4) is 0 Å². The average molecular weight is 291 g/mol. The van der Waals surface area contributed by atoms with Crippen molar-refractivity contribution in [1.82, 2.24) is 5.32 Å². The highest BCUT2D eigenvalue weighted by atomic mass is 16.5. The van der Waals surface area contributed by atoms with Crippen molar-refractivity contribution >= 4 is 0 Å². The van der Waals surface area contributed by atoms with E-state index >= 15 is 0 Å². The third-order valence-corrected chi connectivity index (χ3v) is 5.16. The Kier molecular flexibility index (Phi) is 4.09. The molecule has 1 saturated heterocycles. The van der Waals surface area contributed by atoms with Gasteiger partial charge in [-0.25, -0.2) is 0 Å². The molecule has 2 aliphatic rings. The number of piperidine rings is 1. The minimum atomic E-state index is -0.526. The molecule has 4 nitrogen and oxygen atoms in total. The fraction of sp³-hybridized carbons (Fsp3) is 0.647. The summed E-state index contributed by atoms with van der Waals surface area (Å²) in [5.41, 5.74) is 0.573. The largest absolute Gasteiger partial charge is 0.497 e. The molecule has 1 heterocycles. The number of fused-ring (bicyclic) bond motifs is 1. The van der Waals surface area contributed by atoms with Crippen LogP contribution in [0.2, 0.25) is 0 Å². The summed E-state index contributed by atoms with van der Waals surface area (Å²) in [6, 6.07) is 6.04. The Labute approximate surface area is 126 Å². The summed E-state index contributed by atoms with van der Waals surface area (Å²) < 4.78 is 10.9. The molecule has 1 aromatic carbocycles. The van der Waals surface area contributed by atoms with Gasteiger partial charge in [-0.15, -0.1) is 0 Å². The van der Waals surface area contributed by atoms with E-state index < -0.39 is 5.60 Å². The quantitative estimate of drug-likeness (QED) is 0.899. The molecule has 0 unspecified atom stereocenters. The van der Waals surface area contributed by atoms with Gasteiger partial charge in [0.05, 0.1) is 19.8 Å². The fourth-order valence-electron chi connectivity index (χ4n) is 4.03. The fourth-order valence-corrected chi connectivity index (χ4v) is 4.03. The maximum atomic E-state index is 11.0. The first-order valence-electron chi connectivity index (χ1n) is 7.85. The van der Waals surface area contributed by atoms with Crippen molar-refractivity contribution in [3.8, 4) is 11.5 Å². The van der Waals surface area contributed by atoms with Crippen LogP contribution >= 0.6 is 0 Å². The predicted octanol–water partition coefficient (Wildman–Crippen LogP) is 2.66.